The van der Waals surface area contributed by atoms with E-state index in [1.54, 1.807) is 6.08 Å². The van der Waals surface area contributed by atoms with Gasteiger partial charge in [-0.1, -0.05) is 25.2 Å². The second-order valence-electron chi connectivity index (χ2n) is 9.42. The van der Waals surface area contributed by atoms with Crippen LogP contribution in [0.25, 0.3) is 0 Å². The van der Waals surface area contributed by atoms with Crippen LogP contribution in [0.4, 0.5) is 5.69 Å². The summed E-state index contributed by atoms with van der Waals surface area (Å²) < 4.78 is 0. The first-order valence-corrected chi connectivity index (χ1v) is 10.6. The molecule has 0 aliphatic heterocycles. The van der Waals surface area contributed by atoms with Gasteiger partial charge in [0, 0.05) is 11.8 Å². The quantitative estimate of drug-likeness (QED) is 0.417. The zero-order chi connectivity index (χ0) is 22.6. The number of benzene rings is 1. The number of aromatic carboxylic acids is 1. The SMILES string of the molecule is C=C1C[C@@]23C=CC(=O)[C@@](C)(CCC(=O)Nc4c(O)ccc(C(=O)O)c4O)[C@@H]2C[C@H]1CC3. The number of rotatable bonds is 5. The summed E-state index contributed by atoms with van der Waals surface area (Å²) in [5.41, 5.74) is -0.260. The number of carbonyl (C=O) groups excluding carboxylic acids is 2. The van der Waals surface area contributed by atoms with Crippen molar-refractivity contribution in [2.45, 2.75) is 45.4 Å². The molecule has 164 valence electrons. The van der Waals surface area contributed by atoms with Crippen molar-refractivity contribution in [1.82, 2.24) is 0 Å². The van der Waals surface area contributed by atoms with Crippen LogP contribution in [0.1, 0.15) is 55.8 Å². The summed E-state index contributed by atoms with van der Waals surface area (Å²) in [5, 5.41) is 31.6. The summed E-state index contributed by atoms with van der Waals surface area (Å²) in [6.45, 7) is 6.17. The fourth-order valence-corrected chi connectivity index (χ4v) is 5.91. The van der Waals surface area contributed by atoms with Gasteiger partial charge in [-0.15, -0.1) is 0 Å². The van der Waals surface area contributed by atoms with Crippen molar-refractivity contribution in [1.29, 1.82) is 0 Å². The number of ketones is 1. The summed E-state index contributed by atoms with van der Waals surface area (Å²) >= 11 is 0. The van der Waals surface area contributed by atoms with Gasteiger partial charge in [0.05, 0.1) is 0 Å². The molecule has 4 atom stereocenters. The summed E-state index contributed by atoms with van der Waals surface area (Å²) in [6, 6.07) is 2.16. The number of aromatic hydroxyl groups is 2. The molecule has 3 saturated carbocycles. The van der Waals surface area contributed by atoms with Crippen LogP contribution in [0.2, 0.25) is 0 Å². The van der Waals surface area contributed by atoms with Crippen LogP contribution in [0.5, 0.6) is 11.5 Å². The van der Waals surface area contributed by atoms with Crippen molar-refractivity contribution in [3.8, 4) is 11.5 Å². The number of allylic oxidation sites excluding steroid dienone is 3. The molecule has 0 heterocycles. The minimum absolute atomic E-state index is 0.00442. The molecule has 0 unspecified atom stereocenters. The van der Waals surface area contributed by atoms with Gasteiger partial charge in [0.25, 0.3) is 0 Å². The molecule has 1 spiro atoms. The number of anilines is 1. The summed E-state index contributed by atoms with van der Waals surface area (Å²) in [4.78, 5) is 36.8. The number of phenolic OH excluding ortho intramolecular Hbond substituents is 1. The highest BCUT2D eigenvalue weighted by Gasteiger charge is 2.58. The lowest BCUT2D eigenvalue weighted by Gasteiger charge is -2.59. The molecule has 1 aromatic carbocycles. The minimum Gasteiger partial charge on any atom is -0.506 e. The number of carbonyl (C=O) groups is 3. The van der Waals surface area contributed by atoms with Gasteiger partial charge in [-0.3, -0.25) is 9.59 Å². The second-order valence-corrected chi connectivity index (χ2v) is 9.42. The Labute approximate surface area is 180 Å². The van der Waals surface area contributed by atoms with E-state index in [1.807, 2.05) is 6.92 Å². The third kappa shape index (κ3) is 3.32. The van der Waals surface area contributed by atoms with E-state index in [2.05, 4.69) is 18.0 Å². The van der Waals surface area contributed by atoms with E-state index in [0.717, 1.165) is 37.8 Å². The molecular formula is C24H27NO6. The molecule has 4 N–H and O–H groups in total. The predicted octanol–water partition coefficient (Wildman–Crippen LogP) is 4.02. The maximum absolute atomic E-state index is 12.9. The Morgan fingerprint density at radius 1 is 1.29 bits per heavy atom. The largest absolute Gasteiger partial charge is 0.506 e. The molecule has 7 nitrogen and oxygen atoms in total. The Balaban J connectivity index is 1.52. The predicted molar refractivity (Wildman–Crippen MR) is 114 cm³/mol. The van der Waals surface area contributed by atoms with Crippen LogP contribution in [-0.2, 0) is 9.59 Å². The lowest BCUT2D eigenvalue weighted by molar-refractivity contribution is -0.136. The third-order valence-corrected chi connectivity index (χ3v) is 7.73. The van der Waals surface area contributed by atoms with Gasteiger partial charge in [0.1, 0.15) is 17.0 Å². The highest BCUT2D eigenvalue weighted by molar-refractivity contribution is 6.00. The minimum atomic E-state index is -1.38. The van der Waals surface area contributed by atoms with Crippen LogP contribution >= 0.6 is 0 Å². The van der Waals surface area contributed by atoms with Crippen LogP contribution in [0.3, 0.4) is 0 Å². The van der Waals surface area contributed by atoms with Crippen molar-refractivity contribution in [3.05, 3.63) is 42.0 Å². The molecule has 3 fully saturated rings. The number of hydrogen-bond donors (Lipinski definition) is 4. The number of carboxylic acids is 1. The summed E-state index contributed by atoms with van der Waals surface area (Å²) in [7, 11) is 0. The zero-order valence-corrected chi connectivity index (χ0v) is 17.5. The molecule has 5 rings (SSSR count). The van der Waals surface area contributed by atoms with Crippen molar-refractivity contribution in [2.75, 3.05) is 5.32 Å². The van der Waals surface area contributed by atoms with E-state index in [1.165, 1.54) is 5.57 Å². The molecule has 0 aromatic heterocycles. The molecule has 4 aliphatic rings. The van der Waals surface area contributed by atoms with E-state index < -0.39 is 34.4 Å². The third-order valence-electron chi connectivity index (χ3n) is 7.73. The number of carboxylic acid groups (broad SMARTS) is 1. The number of phenols is 2. The number of amides is 1. The molecule has 4 aliphatic carbocycles. The van der Waals surface area contributed by atoms with E-state index in [4.69, 9.17) is 5.11 Å². The van der Waals surface area contributed by atoms with E-state index in [0.29, 0.717) is 12.3 Å². The van der Waals surface area contributed by atoms with Gasteiger partial charge in [-0.25, -0.2) is 4.79 Å². The van der Waals surface area contributed by atoms with E-state index in [-0.39, 0.29) is 29.2 Å². The fourth-order valence-electron chi connectivity index (χ4n) is 5.91. The Bertz CT molecular complexity index is 1030. The van der Waals surface area contributed by atoms with Gasteiger partial charge in [-0.2, -0.15) is 0 Å². The summed E-state index contributed by atoms with van der Waals surface area (Å²) in [5.74, 6) is -2.42. The van der Waals surface area contributed by atoms with Gasteiger partial charge < -0.3 is 20.6 Å². The normalized spacial score (nSPS) is 31.4. The Hall–Kier alpha value is -3.09. The highest BCUT2D eigenvalue weighted by Crippen LogP contribution is 2.64. The van der Waals surface area contributed by atoms with Crippen LogP contribution in [-0.4, -0.2) is 33.0 Å². The molecule has 1 amide bonds. The standard InChI is InChI=1S/C24H27NO6/c1-13-12-24-9-5-14(13)11-17(24)23(2,18(27)6-10-24)8-7-19(28)25-20-16(26)4-3-15(21(20)29)22(30)31/h3-4,6,10,14,17,26,29H,1,5,7-9,11-12H2,2H3,(H,25,28)(H,30,31)/t14-,17+,23+,24-/m1/s1. The van der Waals surface area contributed by atoms with Crippen LogP contribution in [0.15, 0.2) is 36.4 Å². The smallest absolute Gasteiger partial charge is 0.339 e. The molecule has 2 bridgehead atoms. The summed E-state index contributed by atoms with van der Waals surface area (Å²) in [6.07, 6.45) is 7.96. The fraction of sp³-hybridized carbons (Fsp3) is 0.458. The van der Waals surface area contributed by atoms with Crippen molar-refractivity contribution in [3.63, 3.8) is 0 Å². The monoisotopic (exact) mass is 425 g/mol. The van der Waals surface area contributed by atoms with Gasteiger partial charge >= 0.3 is 5.97 Å². The first kappa shape index (κ1) is 21.2. The molecule has 31 heavy (non-hydrogen) atoms. The number of nitrogens with one attached hydrogen (secondary N) is 1. The molecule has 1 aromatic rings. The Morgan fingerprint density at radius 2 is 2.03 bits per heavy atom. The maximum atomic E-state index is 12.9. The van der Waals surface area contributed by atoms with E-state index in [9.17, 15) is 24.6 Å². The maximum Gasteiger partial charge on any atom is 0.339 e. The highest BCUT2D eigenvalue weighted by atomic mass is 16.4. The Morgan fingerprint density at radius 3 is 2.71 bits per heavy atom. The first-order chi connectivity index (χ1) is 14.6. The topological polar surface area (TPSA) is 124 Å². The van der Waals surface area contributed by atoms with Crippen molar-refractivity contribution < 1.29 is 29.7 Å². The van der Waals surface area contributed by atoms with Gasteiger partial charge in [0.15, 0.2) is 11.5 Å². The van der Waals surface area contributed by atoms with Crippen LogP contribution < -0.4 is 5.32 Å². The first-order valence-electron chi connectivity index (χ1n) is 10.6. The molecule has 0 saturated heterocycles. The molecule has 0 radical (unpaired) electrons. The second kappa shape index (κ2) is 7.25. The molecular weight excluding hydrogens is 398 g/mol. The average molecular weight is 425 g/mol. The Kier molecular flexibility index (Phi) is 4.95. The van der Waals surface area contributed by atoms with E-state index >= 15 is 0 Å². The van der Waals surface area contributed by atoms with Gasteiger partial charge in [-0.05, 0) is 67.6 Å². The lowest BCUT2D eigenvalue weighted by atomic mass is 9.44. The average Bonchev–Trinajstić information content (AvgIpc) is 2.72. The van der Waals surface area contributed by atoms with Crippen molar-refractivity contribution >= 4 is 23.3 Å². The van der Waals surface area contributed by atoms with Crippen molar-refractivity contribution in [2.24, 2.45) is 22.7 Å². The van der Waals surface area contributed by atoms with Gasteiger partial charge in [0.2, 0.25) is 5.91 Å². The zero-order valence-electron chi connectivity index (χ0n) is 17.5. The lowest BCUT2D eigenvalue weighted by Crippen LogP contribution is -2.54. The molecule has 7 heteroatoms. The number of hydrogen-bond acceptors (Lipinski definition) is 5. The van der Waals surface area contributed by atoms with Crippen LogP contribution in [0, 0.1) is 22.7 Å². The number of fused-ring (bicyclic) bond motifs is 2.